The number of hydrogen-bond donors (Lipinski definition) is 1. The average Bonchev–Trinajstić information content (AvgIpc) is 3.11. The summed E-state index contributed by atoms with van der Waals surface area (Å²) in [7, 11) is 1.46. The van der Waals surface area contributed by atoms with E-state index in [2.05, 4.69) is 10.4 Å². The molecule has 134 valence electrons. The second-order valence-electron chi connectivity index (χ2n) is 6.10. The first-order valence-electron chi connectivity index (χ1n) is 8.32. The Bertz CT molecular complexity index is 1150. The molecule has 0 atom stereocenters. The highest BCUT2D eigenvalue weighted by Crippen LogP contribution is 2.26. The molecule has 0 aliphatic heterocycles. The zero-order valence-corrected chi connectivity index (χ0v) is 14.4. The number of amides is 1. The molecule has 1 N–H and O–H groups in total. The van der Waals surface area contributed by atoms with Gasteiger partial charge in [-0.3, -0.25) is 4.79 Å². The molecule has 6 heteroatoms. The summed E-state index contributed by atoms with van der Waals surface area (Å²) in [6, 6.07) is 16.2. The van der Waals surface area contributed by atoms with Crippen LogP contribution in [0.15, 0.2) is 66.9 Å². The lowest BCUT2D eigenvalue weighted by Gasteiger charge is -2.06. The molecule has 0 spiro atoms. The van der Waals surface area contributed by atoms with E-state index in [4.69, 9.17) is 0 Å². The summed E-state index contributed by atoms with van der Waals surface area (Å²) in [4.78, 5) is 11.6. The second kappa shape index (κ2) is 6.64. The van der Waals surface area contributed by atoms with Gasteiger partial charge in [0.2, 0.25) is 0 Å². The van der Waals surface area contributed by atoms with Gasteiger partial charge in [-0.1, -0.05) is 6.07 Å². The number of nitrogens with one attached hydrogen (secondary N) is 1. The van der Waals surface area contributed by atoms with E-state index in [1.54, 1.807) is 28.9 Å². The van der Waals surface area contributed by atoms with Crippen LogP contribution >= 0.6 is 0 Å². The van der Waals surface area contributed by atoms with Crippen molar-refractivity contribution in [2.45, 2.75) is 0 Å². The summed E-state index contributed by atoms with van der Waals surface area (Å²) in [5.74, 6) is -1.34. The van der Waals surface area contributed by atoms with E-state index in [1.165, 1.54) is 31.3 Å². The number of aromatic nitrogens is 2. The highest BCUT2D eigenvalue weighted by atomic mass is 19.1. The van der Waals surface area contributed by atoms with Gasteiger partial charge in [0.05, 0.1) is 16.8 Å². The van der Waals surface area contributed by atoms with Crippen molar-refractivity contribution in [2.75, 3.05) is 7.05 Å². The minimum Gasteiger partial charge on any atom is -0.355 e. The fraction of sp³-hybridized carbons (Fsp3) is 0.0476. The van der Waals surface area contributed by atoms with Gasteiger partial charge in [-0.25, -0.2) is 13.3 Å². The molecule has 0 bridgehead atoms. The van der Waals surface area contributed by atoms with Crippen LogP contribution in [0.2, 0.25) is 0 Å². The monoisotopic (exact) mass is 363 g/mol. The van der Waals surface area contributed by atoms with Crippen LogP contribution in [0.3, 0.4) is 0 Å². The quantitative estimate of drug-likeness (QED) is 0.590. The lowest BCUT2D eigenvalue weighted by molar-refractivity contribution is 0.0959. The molecule has 0 fully saturated rings. The van der Waals surface area contributed by atoms with E-state index in [0.29, 0.717) is 11.3 Å². The van der Waals surface area contributed by atoms with Crippen LogP contribution in [0, 0.1) is 11.6 Å². The minimum absolute atomic E-state index is 0.00489. The molecule has 27 heavy (non-hydrogen) atoms. The van der Waals surface area contributed by atoms with Gasteiger partial charge in [-0.05, 0) is 65.7 Å². The van der Waals surface area contributed by atoms with E-state index < -0.39 is 11.7 Å². The maximum atomic E-state index is 14.2. The van der Waals surface area contributed by atoms with Crippen LogP contribution in [-0.2, 0) is 0 Å². The molecule has 4 rings (SSSR count). The molecule has 0 aliphatic carbocycles. The maximum absolute atomic E-state index is 14.2. The summed E-state index contributed by atoms with van der Waals surface area (Å²) in [6.07, 6.45) is 1.78. The van der Waals surface area contributed by atoms with Crippen LogP contribution in [-0.4, -0.2) is 22.6 Å². The Kier molecular flexibility index (Phi) is 4.16. The fourth-order valence-electron chi connectivity index (χ4n) is 2.95. The topological polar surface area (TPSA) is 46.4 Å². The number of nitrogens with zero attached hydrogens (tertiary/aromatic N) is 2. The van der Waals surface area contributed by atoms with E-state index in [-0.39, 0.29) is 11.4 Å². The summed E-state index contributed by atoms with van der Waals surface area (Å²) in [6.45, 7) is 0. The third-order valence-electron chi connectivity index (χ3n) is 4.38. The fourth-order valence-corrected chi connectivity index (χ4v) is 2.95. The molecule has 0 saturated carbocycles. The second-order valence-corrected chi connectivity index (χ2v) is 6.10. The lowest BCUT2D eigenvalue weighted by atomic mass is 10.0. The SMILES string of the molecule is CNC(=O)c1ccc(-c2ccn3nc(-c4ccc(F)cc4)cc3c2)cc1F. The minimum atomic E-state index is -0.577. The first-order valence-corrected chi connectivity index (χ1v) is 8.32. The van der Waals surface area contributed by atoms with Crippen molar-refractivity contribution >= 4 is 11.4 Å². The third kappa shape index (κ3) is 3.17. The molecule has 0 aliphatic rings. The lowest BCUT2D eigenvalue weighted by Crippen LogP contribution is -2.19. The predicted octanol–water partition coefficient (Wildman–Crippen LogP) is 4.31. The van der Waals surface area contributed by atoms with Crippen LogP contribution < -0.4 is 5.32 Å². The van der Waals surface area contributed by atoms with Crippen molar-refractivity contribution in [1.82, 2.24) is 14.9 Å². The van der Waals surface area contributed by atoms with Gasteiger partial charge >= 0.3 is 0 Å². The van der Waals surface area contributed by atoms with Gasteiger partial charge in [0, 0.05) is 18.8 Å². The van der Waals surface area contributed by atoms with Crippen LogP contribution in [0.4, 0.5) is 8.78 Å². The van der Waals surface area contributed by atoms with Crippen molar-refractivity contribution in [3.63, 3.8) is 0 Å². The van der Waals surface area contributed by atoms with E-state index in [9.17, 15) is 13.6 Å². The Balaban J connectivity index is 1.72. The molecule has 4 nitrogen and oxygen atoms in total. The average molecular weight is 363 g/mol. The molecule has 4 aromatic rings. The summed E-state index contributed by atoms with van der Waals surface area (Å²) >= 11 is 0. The van der Waals surface area contributed by atoms with Gasteiger partial charge in [-0.15, -0.1) is 0 Å². The number of pyridine rings is 1. The Morgan fingerprint density at radius 3 is 2.33 bits per heavy atom. The molecular formula is C21H15F2N3O. The number of fused-ring (bicyclic) bond motifs is 1. The Hall–Kier alpha value is -3.54. The Morgan fingerprint density at radius 2 is 1.63 bits per heavy atom. The van der Waals surface area contributed by atoms with Gasteiger partial charge in [-0.2, -0.15) is 5.10 Å². The highest BCUT2D eigenvalue weighted by molar-refractivity contribution is 5.94. The van der Waals surface area contributed by atoms with E-state index in [0.717, 1.165) is 16.6 Å². The van der Waals surface area contributed by atoms with E-state index in [1.807, 2.05) is 18.2 Å². The van der Waals surface area contributed by atoms with Crippen LogP contribution in [0.5, 0.6) is 0 Å². The molecule has 2 aromatic carbocycles. The molecule has 0 radical (unpaired) electrons. The van der Waals surface area contributed by atoms with Gasteiger partial charge < -0.3 is 5.32 Å². The van der Waals surface area contributed by atoms with Crippen molar-refractivity contribution in [3.8, 4) is 22.4 Å². The number of carbonyl (C=O) groups is 1. The van der Waals surface area contributed by atoms with Crippen molar-refractivity contribution in [1.29, 1.82) is 0 Å². The van der Waals surface area contributed by atoms with Crippen molar-refractivity contribution in [2.24, 2.45) is 0 Å². The molecule has 2 heterocycles. The number of benzene rings is 2. The Morgan fingerprint density at radius 1 is 0.926 bits per heavy atom. The number of halogens is 2. The first-order chi connectivity index (χ1) is 13.0. The summed E-state index contributed by atoms with van der Waals surface area (Å²) in [5.41, 5.74) is 3.81. The van der Waals surface area contributed by atoms with Crippen molar-refractivity contribution in [3.05, 3.63) is 84.1 Å². The standard InChI is InChI=1S/C21H15F2N3O/c1-24-21(27)18-7-4-14(11-19(18)23)15-8-9-26-17(10-15)12-20(25-26)13-2-5-16(22)6-3-13/h2-12H,1H3,(H,24,27). The van der Waals surface area contributed by atoms with E-state index >= 15 is 0 Å². The van der Waals surface area contributed by atoms with Crippen LogP contribution in [0.25, 0.3) is 27.9 Å². The highest BCUT2D eigenvalue weighted by Gasteiger charge is 2.12. The molecule has 1 amide bonds. The maximum Gasteiger partial charge on any atom is 0.253 e. The number of hydrogen-bond acceptors (Lipinski definition) is 2. The Labute approximate surface area is 154 Å². The molecule has 2 aromatic heterocycles. The smallest absolute Gasteiger partial charge is 0.253 e. The number of rotatable bonds is 3. The summed E-state index contributed by atoms with van der Waals surface area (Å²) in [5, 5.41) is 6.89. The first kappa shape index (κ1) is 16.9. The molecular weight excluding hydrogens is 348 g/mol. The van der Waals surface area contributed by atoms with Crippen molar-refractivity contribution < 1.29 is 13.6 Å². The molecule has 0 unspecified atom stereocenters. The number of carbonyl (C=O) groups excluding carboxylic acids is 1. The summed E-state index contributed by atoms with van der Waals surface area (Å²) < 4.78 is 29.0. The predicted molar refractivity (Wildman–Crippen MR) is 99.4 cm³/mol. The zero-order valence-electron chi connectivity index (χ0n) is 14.4. The third-order valence-corrected chi connectivity index (χ3v) is 4.38. The van der Waals surface area contributed by atoms with Crippen LogP contribution in [0.1, 0.15) is 10.4 Å². The van der Waals surface area contributed by atoms with Gasteiger partial charge in [0.1, 0.15) is 11.6 Å². The molecule has 0 saturated heterocycles. The largest absolute Gasteiger partial charge is 0.355 e. The van der Waals surface area contributed by atoms with Gasteiger partial charge in [0.15, 0.2) is 0 Å². The zero-order chi connectivity index (χ0) is 19.0. The van der Waals surface area contributed by atoms with Gasteiger partial charge in [0.25, 0.3) is 5.91 Å². The normalized spacial score (nSPS) is 10.9.